The van der Waals surface area contributed by atoms with E-state index in [2.05, 4.69) is 19.2 Å². The van der Waals surface area contributed by atoms with Gasteiger partial charge >= 0.3 is 11.9 Å². The van der Waals surface area contributed by atoms with Crippen LogP contribution in [0.2, 0.25) is 0 Å². The summed E-state index contributed by atoms with van der Waals surface area (Å²) < 4.78 is 57.2. The molecule has 0 N–H and O–H groups in total. The Kier molecular flexibility index (Phi) is 14.1. The molecule has 0 bridgehead atoms. The van der Waals surface area contributed by atoms with E-state index in [1.165, 1.54) is 0 Å². The lowest BCUT2D eigenvalue weighted by molar-refractivity contribution is -0.158. The number of hydrogen-bond donors (Lipinski definition) is 0. The lowest BCUT2D eigenvalue weighted by Crippen LogP contribution is -2.36. The Labute approximate surface area is 342 Å². The Morgan fingerprint density at radius 1 is 0.586 bits per heavy atom. The van der Waals surface area contributed by atoms with Gasteiger partial charge in [0.05, 0.1) is 42.3 Å². The van der Waals surface area contributed by atoms with E-state index in [-0.39, 0.29) is 46.8 Å². The van der Waals surface area contributed by atoms with Crippen molar-refractivity contribution in [3.8, 4) is 28.0 Å². The molecule has 306 valence electrons. The van der Waals surface area contributed by atoms with Crippen molar-refractivity contribution in [3.05, 3.63) is 126 Å². The molecular formula is C48H54O9S. The third kappa shape index (κ3) is 10.3. The van der Waals surface area contributed by atoms with Crippen LogP contribution in [0.1, 0.15) is 81.9 Å². The van der Waals surface area contributed by atoms with Crippen LogP contribution in [-0.2, 0) is 51.6 Å². The predicted octanol–water partition coefficient (Wildman–Crippen LogP) is 10.1. The van der Waals surface area contributed by atoms with Crippen LogP contribution in [0.3, 0.4) is 0 Å². The van der Waals surface area contributed by atoms with Crippen LogP contribution < -0.4 is 4.74 Å². The molecule has 2 saturated carbocycles. The average molecular weight is 807 g/mol. The summed E-state index contributed by atoms with van der Waals surface area (Å²) in [7, 11) is -2.19. The summed E-state index contributed by atoms with van der Waals surface area (Å²) in [5, 5.41) is 0. The van der Waals surface area contributed by atoms with E-state index in [0.717, 1.165) is 90.3 Å². The average Bonchev–Trinajstić information content (AvgIpc) is 3.23. The highest BCUT2D eigenvalue weighted by molar-refractivity contribution is 7.91. The monoisotopic (exact) mass is 806 g/mol. The molecule has 4 aromatic rings. The molecule has 0 spiro atoms. The number of carbonyl (C=O) groups excluding carboxylic acids is 2. The van der Waals surface area contributed by atoms with Gasteiger partial charge in [0, 0.05) is 16.7 Å². The van der Waals surface area contributed by atoms with E-state index < -0.39 is 15.8 Å². The second-order valence-electron chi connectivity index (χ2n) is 15.4. The summed E-state index contributed by atoms with van der Waals surface area (Å²) in [6.45, 7) is 13.4. The van der Waals surface area contributed by atoms with Gasteiger partial charge in [-0.3, -0.25) is 0 Å². The number of benzene rings is 4. The maximum absolute atomic E-state index is 13.8. The van der Waals surface area contributed by atoms with Crippen molar-refractivity contribution in [1.82, 2.24) is 0 Å². The van der Waals surface area contributed by atoms with Crippen LogP contribution in [0, 0.1) is 6.92 Å². The number of methoxy groups -OCH3 is 1. The Morgan fingerprint density at radius 2 is 0.983 bits per heavy atom. The molecule has 2 aliphatic rings. The number of ether oxygens (including phenoxy) is 5. The van der Waals surface area contributed by atoms with Gasteiger partial charge in [0.15, 0.2) is 0 Å². The van der Waals surface area contributed by atoms with E-state index in [9.17, 15) is 18.0 Å². The van der Waals surface area contributed by atoms with Crippen molar-refractivity contribution in [1.29, 1.82) is 0 Å². The molecule has 0 heterocycles. The zero-order chi connectivity index (χ0) is 41.4. The van der Waals surface area contributed by atoms with Gasteiger partial charge in [-0.2, -0.15) is 0 Å². The van der Waals surface area contributed by atoms with Crippen molar-refractivity contribution in [2.45, 2.75) is 120 Å². The van der Waals surface area contributed by atoms with Gasteiger partial charge in [-0.25, -0.2) is 18.0 Å². The zero-order valence-corrected chi connectivity index (χ0v) is 34.8. The molecule has 4 aromatic carbocycles. The van der Waals surface area contributed by atoms with E-state index in [0.29, 0.717) is 23.5 Å². The molecule has 58 heavy (non-hydrogen) atoms. The topological polar surface area (TPSA) is 114 Å². The summed E-state index contributed by atoms with van der Waals surface area (Å²) in [6.07, 6.45) is 6.04. The molecule has 0 saturated heterocycles. The minimum atomic E-state index is -3.79. The van der Waals surface area contributed by atoms with Crippen LogP contribution in [0.4, 0.5) is 0 Å². The Bertz CT molecular complexity index is 2220. The molecule has 2 aliphatic carbocycles. The molecule has 0 radical (unpaired) electrons. The summed E-state index contributed by atoms with van der Waals surface area (Å²) in [6, 6.07) is 25.7. The number of sulfone groups is 1. The first kappa shape index (κ1) is 42.6. The highest BCUT2D eigenvalue weighted by atomic mass is 32.2. The van der Waals surface area contributed by atoms with E-state index in [1.54, 1.807) is 57.4 Å². The highest BCUT2D eigenvalue weighted by Gasteiger charge is 2.31. The normalized spacial score (nSPS) is 19.5. The second kappa shape index (κ2) is 19.1. The summed E-state index contributed by atoms with van der Waals surface area (Å²) in [5.41, 5.74) is 7.22. The fraction of sp³-hybridized carbons (Fsp3) is 0.375. The number of carbonyl (C=O) groups is 2. The van der Waals surface area contributed by atoms with Crippen molar-refractivity contribution < 1.29 is 41.7 Å². The smallest absolute Gasteiger partial charge is 0.333 e. The molecule has 6 rings (SSSR count). The lowest BCUT2D eigenvalue weighted by atomic mass is 9.94. The van der Waals surface area contributed by atoms with Crippen molar-refractivity contribution >= 4 is 21.8 Å². The maximum Gasteiger partial charge on any atom is 0.333 e. The Hall–Kier alpha value is -5.03. The van der Waals surface area contributed by atoms with Gasteiger partial charge in [0.1, 0.15) is 18.0 Å². The first-order valence-electron chi connectivity index (χ1n) is 20.0. The fourth-order valence-corrected chi connectivity index (χ4v) is 8.77. The molecule has 9 nitrogen and oxygen atoms in total. The van der Waals surface area contributed by atoms with Crippen molar-refractivity contribution in [2.75, 3.05) is 7.11 Å². The number of esters is 2. The number of rotatable bonds is 15. The van der Waals surface area contributed by atoms with E-state index >= 15 is 0 Å². The van der Waals surface area contributed by atoms with Crippen LogP contribution in [0.25, 0.3) is 22.3 Å². The van der Waals surface area contributed by atoms with Crippen LogP contribution in [0.5, 0.6) is 5.75 Å². The molecule has 4 unspecified atom stereocenters. The second-order valence-corrected chi connectivity index (χ2v) is 17.4. The van der Waals surface area contributed by atoms with Gasteiger partial charge < -0.3 is 23.7 Å². The maximum atomic E-state index is 13.8. The van der Waals surface area contributed by atoms with Gasteiger partial charge in [-0.05, 0) is 135 Å². The first-order valence-corrected chi connectivity index (χ1v) is 21.5. The van der Waals surface area contributed by atoms with Crippen LogP contribution >= 0.6 is 0 Å². The summed E-state index contributed by atoms with van der Waals surface area (Å²) >= 11 is 0. The molecule has 0 aliphatic heterocycles. The van der Waals surface area contributed by atoms with Gasteiger partial charge in [0.25, 0.3) is 0 Å². The Balaban J connectivity index is 1.11. The van der Waals surface area contributed by atoms with Crippen LogP contribution in [-0.4, -0.2) is 51.9 Å². The lowest BCUT2D eigenvalue weighted by Gasteiger charge is -2.31. The molecule has 10 heteroatoms. The SMILES string of the molecule is C=C(C)C(=O)OC1CCCCC1OCc1cc(-c2ccc(S(=O)(=O)c3ccc(-c4ccc(OC)c(COC5CCCCC5OC(=O)C(=C)C)c4)cc3)cc2)ccc1C. The standard InChI is InChI=1S/C48H54O9S/c1-31(2)47(49)56-45-13-9-7-11-43(45)54-29-38-27-36(16-15-33(38)5)34-17-22-40(23-18-34)58(51,52)41-24-19-35(20-25-41)37-21-26-42(53-6)39(28-37)30-55-44-12-8-10-14-46(44)57-48(50)32(3)4/h15-28,43-46H,1,3,7-14,29-30H2,2,4-6H3. The predicted molar refractivity (Wildman–Crippen MR) is 224 cm³/mol. The number of hydrogen-bond acceptors (Lipinski definition) is 9. The Morgan fingerprint density at radius 3 is 1.43 bits per heavy atom. The first-order chi connectivity index (χ1) is 27.8. The van der Waals surface area contributed by atoms with Gasteiger partial charge in [-0.15, -0.1) is 0 Å². The molecule has 4 atom stereocenters. The zero-order valence-electron chi connectivity index (χ0n) is 34.0. The molecular weight excluding hydrogens is 753 g/mol. The molecule has 2 fully saturated rings. The van der Waals surface area contributed by atoms with Crippen molar-refractivity contribution in [3.63, 3.8) is 0 Å². The third-order valence-corrected chi connectivity index (χ3v) is 12.8. The minimum Gasteiger partial charge on any atom is -0.496 e. The van der Waals surface area contributed by atoms with Gasteiger partial charge in [0.2, 0.25) is 9.84 Å². The molecule has 0 amide bonds. The van der Waals surface area contributed by atoms with Crippen molar-refractivity contribution in [2.24, 2.45) is 0 Å². The van der Waals surface area contributed by atoms with E-state index in [4.69, 9.17) is 23.7 Å². The quantitative estimate of drug-likeness (QED) is 0.0855. The minimum absolute atomic E-state index is 0.186. The van der Waals surface area contributed by atoms with Gasteiger partial charge in [-0.1, -0.05) is 68.5 Å². The fourth-order valence-electron chi connectivity index (χ4n) is 7.51. The molecule has 0 aromatic heterocycles. The number of aryl methyl sites for hydroxylation is 1. The highest BCUT2D eigenvalue weighted by Crippen LogP contribution is 2.33. The van der Waals surface area contributed by atoms with Crippen LogP contribution in [0.15, 0.2) is 119 Å². The summed E-state index contributed by atoms with van der Waals surface area (Å²) in [5.74, 6) is -0.122. The third-order valence-electron chi connectivity index (χ3n) is 11.0. The summed E-state index contributed by atoms with van der Waals surface area (Å²) in [4.78, 5) is 24.8. The van der Waals surface area contributed by atoms with E-state index in [1.807, 2.05) is 49.4 Å². The largest absolute Gasteiger partial charge is 0.496 e.